The van der Waals surface area contributed by atoms with E-state index in [-0.39, 0.29) is 31.1 Å². The Bertz CT molecular complexity index is 1300. The highest BCUT2D eigenvalue weighted by molar-refractivity contribution is 5.71. The fourth-order valence-electron chi connectivity index (χ4n) is 9.77. The predicted molar refractivity (Wildman–Crippen MR) is 325 cm³/mol. The maximum absolute atomic E-state index is 12.8. The molecule has 1 atom stereocenters. The fourth-order valence-corrected chi connectivity index (χ4v) is 9.77. The third-order valence-electron chi connectivity index (χ3n) is 14.8. The summed E-state index contributed by atoms with van der Waals surface area (Å²) in [7, 11) is 0. The van der Waals surface area contributed by atoms with Gasteiger partial charge in [0.15, 0.2) is 6.10 Å². The number of allylic oxidation sites excluding steroid dienone is 8. The number of carbonyl (C=O) groups is 3. The molecule has 0 saturated heterocycles. The lowest BCUT2D eigenvalue weighted by Crippen LogP contribution is -2.30. The van der Waals surface area contributed by atoms with Crippen LogP contribution >= 0.6 is 0 Å². The van der Waals surface area contributed by atoms with Crippen molar-refractivity contribution in [2.75, 3.05) is 13.2 Å². The smallest absolute Gasteiger partial charge is 0.306 e. The Balaban J connectivity index is 3.95. The molecule has 0 aliphatic carbocycles. The van der Waals surface area contributed by atoms with Gasteiger partial charge in [0.05, 0.1) is 0 Å². The predicted octanol–water partition coefficient (Wildman–Crippen LogP) is 22.6. The largest absolute Gasteiger partial charge is 0.462 e. The van der Waals surface area contributed by atoms with Crippen molar-refractivity contribution < 1.29 is 28.6 Å². The van der Waals surface area contributed by atoms with E-state index >= 15 is 0 Å². The maximum Gasteiger partial charge on any atom is 0.306 e. The lowest BCUT2D eigenvalue weighted by molar-refractivity contribution is -0.167. The van der Waals surface area contributed by atoms with E-state index in [2.05, 4.69) is 69.4 Å². The van der Waals surface area contributed by atoms with Crippen molar-refractivity contribution in [1.82, 2.24) is 0 Å². The van der Waals surface area contributed by atoms with Crippen LogP contribution in [-0.4, -0.2) is 37.2 Å². The van der Waals surface area contributed by atoms with E-state index in [4.69, 9.17) is 14.2 Å². The van der Waals surface area contributed by atoms with Crippen LogP contribution < -0.4 is 0 Å². The van der Waals surface area contributed by atoms with E-state index in [0.29, 0.717) is 19.3 Å². The number of hydrogen-bond acceptors (Lipinski definition) is 6. The van der Waals surface area contributed by atoms with Gasteiger partial charge in [0, 0.05) is 19.3 Å². The minimum absolute atomic E-state index is 0.0753. The Hall–Kier alpha value is -2.63. The molecule has 6 heteroatoms. The summed E-state index contributed by atoms with van der Waals surface area (Å²) in [6.07, 6.45) is 80.2. The summed E-state index contributed by atoms with van der Waals surface area (Å²) in [5, 5.41) is 0. The van der Waals surface area contributed by atoms with Gasteiger partial charge in [-0.1, -0.05) is 288 Å². The van der Waals surface area contributed by atoms with Gasteiger partial charge in [-0.3, -0.25) is 14.4 Å². The second-order valence-corrected chi connectivity index (χ2v) is 22.4. The molecule has 0 fully saturated rings. The molecule has 0 spiro atoms. The normalized spacial score (nSPS) is 12.3. The van der Waals surface area contributed by atoms with Gasteiger partial charge >= 0.3 is 17.9 Å². The van der Waals surface area contributed by atoms with Crippen molar-refractivity contribution in [1.29, 1.82) is 0 Å². The number of unbranched alkanes of at least 4 members (excludes halogenated alkanes) is 42. The zero-order valence-corrected chi connectivity index (χ0v) is 50.3. The Morgan fingerprint density at radius 2 is 0.507 bits per heavy atom. The first-order valence-corrected chi connectivity index (χ1v) is 33.1. The van der Waals surface area contributed by atoms with Crippen LogP contribution in [0.5, 0.6) is 0 Å². The topological polar surface area (TPSA) is 78.9 Å². The Labute approximate surface area is 467 Å². The molecule has 0 amide bonds. The SMILES string of the molecule is CCC/C=C\CCCCCCCC(=O)OCC(COC(=O)CCCCCCCCCCCCCCCCCCCCCCCCC/C=C\C/C=C\CCCCCCC)OC(=O)CCCCCCC/C=C\CCCCC. The molecular formula is C69H126O6. The van der Waals surface area contributed by atoms with Gasteiger partial charge < -0.3 is 14.2 Å². The molecule has 6 nitrogen and oxygen atoms in total. The first-order chi connectivity index (χ1) is 37.0. The van der Waals surface area contributed by atoms with Gasteiger partial charge in [-0.2, -0.15) is 0 Å². The molecule has 1 unspecified atom stereocenters. The van der Waals surface area contributed by atoms with E-state index in [0.717, 1.165) is 89.9 Å². The summed E-state index contributed by atoms with van der Waals surface area (Å²) in [5.41, 5.74) is 0. The van der Waals surface area contributed by atoms with E-state index in [1.165, 1.54) is 225 Å². The summed E-state index contributed by atoms with van der Waals surface area (Å²) in [6.45, 7) is 6.57. The third kappa shape index (κ3) is 62.1. The fraction of sp³-hybridized carbons (Fsp3) is 0.841. The summed E-state index contributed by atoms with van der Waals surface area (Å²) in [4.78, 5) is 38.1. The number of ether oxygens (including phenoxy) is 3. The molecular weight excluding hydrogens is 925 g/mol. The molecule has 0 radical (unpaired) electrons. The summed E-state index contributed by atoms with van der Waals surface area (Å²) in [5.74, 6) is -0.880. The number of rotatable bonds is 61. The Morgan fingerprint density at radius 1 is 0.267 bits per heavy atom. The lowest BCUT2D eigenvalue weighted by atomic mass is 10.0. The van der Waals surface area contributed by atoms with Crippen molar-refractivity contribution in [2.24, 2.45) is 0 Å². The van der Waals surface area contributed by atoms with E-state index < -0.39 is 6.10 Å². The van der Waals surface area contributed by atoms with E-state index in [1.54, 1.807) is 0 Å². The van der Waals surface area contributed by atoms with Crippen LogP contribution in [0.15, 0.2) is 48.6 Å². The van der Waals surface area contributed by atoms with Crippen LogP contribution in [0.4, 0.5) is 0 Å². The molecule has 0 aliphatic heterocycles. The third-order valence-corrected chi connectivity index (χ3v) is 14.8. The summed E-state index contributed by atoms with van der Waals surface area (Å²) in [6, 6.07) is 0. The first kappa shape index (κ1) is 72.4. The minimum atomic E-state index is -0.777. The molecule has 0 aliphatic rings. The Kier molecular flexibility index (Phi) is 61.7. The number of carbonyl (C=O) groups excluding carboxylic acids is 3. The van der Waals surface area contributed by atoms with Gasteiger partial charge in [0.25, 0.3) is 0 Å². The van der Waals surface area contributed by atoms with Crippen molar-refractivity contribution >= 4 is 17.9 Å². The zero-order valence-electron chi connectivity index (χ0n) is 50.3. The standard InChI is InChI=1S/C69H126O6/c1-4-7-10-13-16-19-22-24-25-26-27-28-29-30-31-32-33-34-35-36-37-38-39-40-41-42-43-44-45-46-48-50-53-56-59-62-68(71)74-65-66(64-73-67(70)61-58-55-52-49-21-18-15-12-9-6-3)75-69(72)63-60-57-54-51-47-23-20-17-14-11-8-5-2/h12,15,17,20,22,24,26-27,66H,4-11,13-14,16,18-19,21,23,25,28-65H2,1-3H3/b15-12-,20-17-,24-22-,27-26-. The maximum atomic E-state index is 12.8. The van der Waals surface area contributed by atoms with Gasteiger partial charge in [0.1, 0.15) is 13.2 Å². The van der Waals surface area contributed by atoms with Crippen LogP contribution in [-0.2, 0) is 28.6 Å². The van der Waals surface area contributed by atoms with Crippen LogP contribution in [0, 0.1) is 0 Å². The quantitative estimate of drug-likeness (QED) is 0.0261. The van der Waals surface area contributed by atoms with Gasteiger partial charge in [0.2, 0.25) is 0 Å². The second-order valence-electron chi connectivity index (χ2n) is 22.4. The molecule has 0 aromatic carbocycles. The number of hydrogen-bond donors (Lipinski definition) is 0. The summed E-state index contributed by atoms with van der Waals surface area (Å²) < 4.78 is 16.8. The molecule has 438 valence electrons. The van der Waals surface area contributed by atoms with Crippen LogP contribution in [0.2, 0.25) is 0 Å². The van der Waals surface area contributed by atoms with Crippen molar-refractivity contribution in [3.63, 3.8) is 0 Å². The lowest BCUT2D eigenvalue weighted by Gasteiger charge is -2.18. The Morgan fingerprint density at radius 3 is 0.827 bits per heavy atom. The van der Waals surface area contributed by atoms with Crippen LogP contribution in [0.3, 0.4) is 0 Å². The average Bonchev–Trinajstić information content (AvgIpc) is 3.41. The van der Waals surface area contributed by atoms with Crippen molar-refractivity contribution in [2.45, 2.75) is 361 Å². The van der Waals surface area contributed by atoms with E-state index in [1.807, 2.05) is 0 Å². The molecule has 0 rings (SSSR count). The molecule has 0 bridgehead atoms. The van der Waals surface area contributed by atoms with E-state index in [9.17, 15) is 14.4 Å². The zero-order chi connectivity index (χ0) is 54.3. The van der Waals surface area contributed by atoms with Crippen molar-refractivity contribution in [3.8, 4) is 0 Å². The molecule has 0 N–H and O–H groups in total. The molecule has 0 saturated carbocycles. The molecule has 0 aromatic rings. The van der Waals surface area contributed by atoms with Gasteiger partial charge in [-0.15, -0.1) is 0 Å². The monoisotopic (exact) mass is 1050 g/mol. The van der Waals surface area contributed by atoms with Gasteiger partial charge in [-0.05, 0) is 96.3 Å². The van der Waals surface area contributed by atoms with Crippen LogP contribution in [0.25, 0.3) is 0 Å². The first-order valence-electron chi connectivity index (χ1n) is 33.1. The van der Waals surface area contributed by atoms with Crippen molar-refractivity contribution in [3.05, 3.63) is 48.6 Å². The molecule has 0 heterocycles. The molecule has 0 aromatic heterocycles. The second kappa shape index (κ2) is 63.9. The van der Waals surface area contributed by atoms with Gasteiger partial charge in [-0.25, -0.2) is 0 Å². The number of esters is 3. The highest BCUT2D eigenvalue weighted by atomic mass is 16.6. The summed E-state index contributed by atoms with van der Waals surface area (Å²) >= 11 is 0. The minimum Gasteiger partial charge on any atom is -0.462 e. The highest BCUT2D eigenvalue weighted by Crippen LogP contribution is 2.18. The van der Waals surface area contributed by atoms with Crippen LogP contribution in [0.1, 0.15) is 355 Å². The highest BCUT2D eigenvalue weighted by Gasteiger charge is 2.19. The average molecular weight is 1050 g/mol. The molecule has 75 heavy (non-hydrogen) atoms.